The molecule has 1 aromatic carbocycles. The van der Waals surface area contributed by atoms with Crippen LogP contribution in [0.2, 0.25) is 0 Å². The van der Waals surface area contributed by atoms with Crippen LogP contribution >= 0.6 is 0 Å². The molecule has 2 aromatic rings. The summed E-state index contributed by atoms with van der Waals surface area (Å²) in [7, 11) is 0. The normalized spacial score (nSPS) is 15.1. The molecule has 0 amide bonds. The second-order valence-electron chi connectivity index (χ2n) is 4.82. The van der Waals surface area contributed by atoms with Gasteiger partial charge in [-0.2, -0.15) is 0 Å². The first-order valence-corrected chi connectivity index (χ1v) is 7.01. The maximum atomic E-state index is 5.84. The molecule has 0 radical (unpaired) electrons. The minimum Gasteiger partial charge on any atom is -0.489 e. The second kappa shape index (κ2) is 6.39. The van der Waals surface area contributed by atoms with E-state index < -0.39 is 0 Å². The van der Waals surface area contributed by atoms with Crippen LogP contribution in [-0.2, 0) is 6.61 Å². The Morgan fingerprint density at radius 2 is 1.85 bits per heavy atom. The summed E-state index contributed by atoms with van der Waals surface area (Å²) in [4.78, 5) is 6.85. The van der Waals surface area contributed by atoms with Gasteiger partial charge in [-0.15, -0.1) is 0 Å². The van der Waals surface area contributed by atoms with Crippen molar-refractivity contribution in [2.75, 3.05) is 31.1 Å². The monoisotopic (exact) mass is 269 g/mol. The molecule has 0 saturated carbocycles. The Labute approximate surface area is 119 Å². The molecule has 0 spiro atoms. The van der Waals surface area contributed by atoms with Crippen molar-refractivity contribution in [1.29, 1.82) is 0 Å². The predicted octanol–water partition coefficient (Wildman–Crippen LogP) is 2.07. The van der Waals surface area contributed by atoms with E-state index in [0.29, 0.717) is 6.61 Å². The highest BCUT2D eigenvalue weighted by Gasteiger charge is 2.15. The number of anilines is 1. The van der Waals surface area contributed by atoms with Crippen molar-refractivity contribution in [2.45, 2.75) is 6.61 Å². The summed E-state index contributed by atoms with van der Waals surface area (Å²) in [5, 5.41) is 3.36. The number of nitrogens with one attached hydrogen (secondary N) is 1. The summed E-state index contributed by atoms with van der Waals surface area (Å²) in [5.41, 5.74) is 1.14. The van der Waals surface area contributed by atoms with E-state index in [1.807, 2.05) is 42.6 Å². The highest BCUT2D eigenvalue weighted by molar-refractivity contribution is 5.47. The fourth-order valence-corrected chi connectivity index (χ4v) is 2.38. The van der Waals surface area contributed by atoms with Gasteiger partial charge in [-0.3, -0.25) is 0 Å². The number of aromatic nitrogens is 1. The number of piperazine rings is 1. The van der Waals surface area contributed by atoms with Gasteiger partial charge in [-0.25, -0.2) is 4.98 Å². The predicted molar refractivity (Wildman–Crippen MR) is 80.1 cm³/mol. The van der Waals surface area contributed by atoms with Crippen LogP contribution in [0.15, 0.2) is 48.7 Å². The molecule has 1 saturated heterocycles. The Hall–Kier alpha value is -2.07. The van der Waals surface area contributed by atoms with Crippen molar-refractivity contribution in [2.24, 2.45) is 0 Å². The molecule has 0 atom stereocenters. The summed E-state index contributed by atoms with van der Waals surface area (Å²) in [5.74, 6) is 1.94. The van der Waals surface area contributed by atoms with E-state index in [9.17, 15) is 0 Å². The van der Waals surface area contributed by atoms with Crippen LogP contribution < -0.4 is 15.0 Å². The Bertz CT molecular complexity index is 538. The number of nitrogens with zero attached hydrogens (tertiary/aromatic N) is 2. The fraction of sp³-hybridized carbons (Fsp3) is 0.312. The van der Waals surface area contributed by atoms with Gasteiger partial charge in [0.1, 0.15) is 18.2 Å². The molecule has 1 N–H and O–H groups in total. The van der Waals surface area contributed by atoms with Crippen molar-refractivity contribution >= 4 is 5.82 Å². The van der Waals surface area contributed by atoms with Crippen LogP contribution in [0.25, 0.3) is 0 Å². The number of para-hydroxylation sites is 1. The van der Waals surface area contributed by atoms with Gasteiger partial charge in [-0.05, 0) is 18.2 Å². The highest BCUT2D eigenvalue weighted by atomic mass is 16.5. The Balaban J connectivity index is 1.72. The molecule has 1 aliphatic heterocycles. The number of hydrogen-bond donors (Lipinski definition) is 1. The van der Waals surface area contributed by atoms with Crippen LogP contribution in [0.3, 0.4) is 0 Å². The van der Waals surface area contributed by atoms with Gasteiger partial charge in [0.15, 0.2) is 0 Å². The molecule has 104 valence electrons. The second-order valence-corrected chi connectivity index (χ2v) is 4.82. The Morgan fingerprint density at radius 3 is 2.65 bits per heavy atom. The third-order valence-electron chi connectivity index (χ3n) is 3.42. The molecule has 1 fully saturated rings. The maximum Gasteiger partial charge on any atom is 0.135 e. The van der Waals surface area contributed by atoms with E-state index in [4.69, 9.17) is 4.74 Å². The minimum absolute atomic E-state index is 0.553. The zero-order valence-electron chi connectivity index (χ0n) is 11.5. The van der Waals surface area contributed by atoms with Crippen molar-refractivity contribution in [3.63, 3.8) is 0 Å². The topological polar surface area (TPSA) is 37.4 Å². The third-order valence-corrected chi connectivity index (χ3v) is 3.42. The third kappa shape index (κ3) is 3.08. The number of rotatable bonds is 4. The van der Waals surface area contributed by atoms with Crippen molar-refractivity contribution in [3.05, 3.63) is 54.2 Å². The lowest BCUT2D eigenvalue weighted by atomic mass is 10.2. The average Bonchev–Trinajstić information content (AvgIpc) is 2.55. The first-order chi connectivity index (χ1) is 9.93. The number of pyridine rings is 1. The smallest absolute Gasteiger partial charge is 0.135 e. The molecule has 3 rings (SSSR count). The minimum atomic E-state index is 0.553. The molecule has 1 aliphatic rings. The fourth-order valence-electron chi connectivity index (χ4n) is 2.38. The first kappa shape index (κ1) is 12.9. The lowest BCUT2D eigenvalue weighted by Gasteiger charge is -2.29. The van der Waals surface area contributed by atoms with Gasteiger partial charge in [0, 0.05) is 37.9 Å². The number of hydrogen-bond acceptors (Lipinski definition) is 4. The molecular formula is C16H19N3O. The molecule has 4 nitrogen and oxygen atoms in total. The van der Waals surface area contributed by atoms with E-state index in [-0.39, 0.29) is 0 Å². The lowest BCUT2D eigenvalue weighted by molar-refractivity contribution is 0.305. The van der Waals surface area contributed by atoms with Gasteiger partial charge in [0.2, 0.25) is 0 Å². The van der Waals surface area contributed by atoms with Crippen molar-refractivity contribution in [1.82, 2.24) is 10.3 Å². The van der Waals surface area contributed by atoms with Crippen molar-refractivity contribution < 1.29 is 4.74 Å². The van der Waals surface area contributed by atoms with E-state index in [1.165, 1.54) is 0 Å². The highest BCUT2D eigenvalue weighted by Crippen LogP contribution is 2.20. The molecule has 0 aliphatic carbocycles. The Kier molecular flexibility index (Phi) is 4.13. The maximum absolute atomic E-state index is 5.84. The van der Waals surface area contributed by atoms with Gasteiger partial charge < -0.3 is 15.0 Å². The Morgan fingerprint density at radius 1 is 1.05 bits per heavy atom. The van der Waals surface area contributed by atoms with Crippen LogP contribution in [0.5, 0.6) is 5.75 Å². The summed E-state index contributed by atoms with van der Waals surface area (Å²) < 4.78 is 5.84. The van der Waals surface area contributed by atoms with Crippen LogP contribution in [0.4, 0.5) is 5.82 Å². The molecule has 2 heterocycles. The van der Waals surface area contributed by atoms with E-state index >= 15 is 0 Å². The van der Waals surface area contributed by atoms with E-state index in [2.05, 4.69) is 21.3 Å². The average molecular weight is 269 g/mol. The summed E-state index contributed by atoms with van der Waals surface area (Å²) in [6.45, 7) is 4.56. The van der Waals surface area contributed by atoms with E-state index in [1.54, 1.807) is 0 Å². The van der Waals surface area contributed by atoms with Gasteiger partial charge in [0.05, 0.1) is 0 Å². The summed E-state index contributed by atoms with van der Waals surface area (Å²) in [6, 6.07) is 14.0. The zero-order valence-corrected chi connectivity index (χ0v) is 11.5. The van der Waals surface area contributed by atoms with Crippen molar-refractivity contribution in [3.8, 4) is 5.75 Å². The SMILES string of the molecule is c1ccc(OCc2cccnc2N2CCNCC2)cc1. The van der Waals surface area contributed by atoms with Gasteiger partial charge in [0.25, 0.3) is 0 Å². The molecule has 0 unspecified atom stereocenters. The molecule has 4 heteroatoms. The number of ether oxygens (including phenoxy) is 1. The molecule has 0 bridgehead atoms. The first-order valence-electron chi connectivity index (χ1n) is 7.01. The van der Waals surface area contributed by atoms with Gasteiger partial charge >= 0.3 is 0 Å². The molecular weight excluding hydrogens is 250 g/mol. The summed E-state index contributed by atoms with van der Waals surface area (Å²) in [6.07, 6.45) is 1.85. The largest absolute Gasteiger partial charge is 0.489 e. The van der Waals surface area contributed by atoms with Crippen LogP contribution in [0, 0.1) is 0 Å². The van der Waals surface area contributed by atoms with E-state index in [0.717, 1.165) is 43.3 Å². The zero-order chi connectivity index (χ0) is 13.6. The quantitative estimate of drug-likeness (QED) is 0.922. The molecule has 1 aromatic heterocycles. The van der Waals surface area contributed by atoms with Gasteiger partial charge in [-0.1, -0.05) is 24.3 Å². The lowest BCUT2D eigenvalue weighted by Crippen LogP contribution is -2.44. The van der Waals surface area contributed by atoms with Crippen LogP contribution in [0.1, 0.15) is 5.56 Å². The number of benzene rings is 1. The molecule has 20 heavy (non-hydrogen) atoms. The van der Waals surface area contributed by atoms with Crippen LogP contribution in [-0.4, -0.2) is 31.2 Å². The summed E-state index contributed by atoms with van der Waals surface area (Å²) >= 11 is 0. The standard InChI is InChI=1S/C16H19N3O/c1-2-6-15(7-3-1)20-13-14-5-4-8-18-16(14)19-11-9-17-10-12-19/h1-8,17H,9-13H2.